The summed E-state index contributed by atoms with van der Waals surface area (Å²) in [6.07, 6.45) is 0.607. The minimum Gasteiger partial charge on any atom is -0.364 e. The number of carbonyl (C=O) groups is 1. The van der Waals surface area contributed by atoms with E-state index in [4.69, 9.17) is 11.6 Å². The highest BCUT2D eigenvalue weighted by Crippen LogP contribution is 2.28. The first-order valence-corrected chi connectivity index (χ1v) is 8.22. The van der Waals surface area contributed by atoms with E-state index in [0.29, 0.717) is 28.6 Å². The molecule has 1 aromatic carbocycles. The first kappa shape index (κ1) is 18.7. The zero-order valence-electron chi connectivity index (χ0n) is 14.3. The number of aromatic nitrogens is 2. The lowest BCUT2D eigenvalue weighted by atomic mass is 10.2. The van der Waals surface area contributed by atoms with Gasteiger partial charge in [-0.2, -0.15) is 5.10 Å². The van der Waals surface area contributed by atoms with E-state index in [2.05, 4.69) is 15.7 Å². The van der Waals surface area contributed by atoms with E-state index in [1.165, 1.54) is 4.68 Å². The van der Waals surface area contributed by atoms with Crippen molar-refractivity contribution >= 4 is 34.7 Å². The van der Waals surface area contributed by atoms with Crippen molar-refractivity contribution < 1.29 is 9.72 Å². The van der Waals surface area contributed by atoms with Crippen LogP contribution < -0.4 is 10.6 Å². The fraction of sp³-hybridized carbons (Fsp3) is 0.375. The van der Waals surface area contributed by atoms with Gasteiger partial charge in [-0.1, -0.05) is 24.6 Å². The zero-order valence-corrected chi connectivity index (χ0v) is 15.1. The molecular formula is C16H20ClN5O3. The van der Waals surface area contributed by atoms with Crippen LogP contribution in [-0.2, 0) is 18.3 Å². The van der Waals surface area contributed by atoms with E-state index < -0.39 is 4.92 Å². The second kappa shape index (κ2) is 7.98. The molecule has 0 saturated carbocycles. The number of halogens is 1. The number of hydrogen-bond donors (Lipinski definition) is 2. The number of hydrogen-bond acceptors (Lipinski definition) is 5. The molecule has 0 fully saturated rings. The van der Waals surface area contributed by atoms with Gasteiger partial charge >= 0.3 is 5.69 Å². The number of amides is 1. The highest BCUT2D eigenvalue weighted by atomic mass is 35.5. The molecule has 1 aromatic heterocycles. The number of nitrogens with one attached hydrogen (secondary N) is 2. The summed E-state index contributed by atoms with van der Waals surface area (Å²) >= 11 is 6.03. The molecule has 0 aliphatic heterocycles. The number of anilines is 2. The van der Waals surface area contributed by atoms with Gasteiger partial charge in [0.2, 0.25) is 11.7 Å². The molecule has 0 atom stereocenters. The van der Waals surface area contributed by atoms with Crippen LogP contribution in [0.25, 0.3) is 0 Å². The van der Waals surface area contributed by atoms with Gasteiger partial charge in [0.1, 0.15) is 5.69 Å². The molecule has 134 valence electrons. The lowest BCUT2D eigenvalue weighted by Crippen LogP contribution is -2.18. The van der Waals surface area contributed by atoms with Crippen LogP contribution in [0.4, 0.5) is 17.2 Å². The average Bonchev–Trinajstić information content (AvgIpc) is 2.88. The number of carbonyl (C=O) groups excluding carboxylic acids is 1. The smallest absolute Gasteiger partial charge is 0.333 e. The van der Waals surface area contributed by atoms with E-state index in [0.717, 1.165) is 5.56 Å². The van der Waals surface area contributed by atoms with Crippen molar-refractivity contribution in [1.29, 1.82) is 0 Å². The van der Waals surface area contributed by atoms with Crippen molar-refractivity contribution in [3.05, 3.63) is 44.6 Å². The van der Waals surface area contributed by atoms with E-state index in [1.54, 1.807) is 32.2 Å². The van der Waals surface area contributed by atoms with Crippen molar-refractivity contribution in [2.24, 2.45) is 7.05 Å². The molecule has 0 bridgehead atoms. The van der Waals surface area contributed by atoms with Crippen LogP contribution in [0.1, 0.15) is 24.6 Å². The number of benzene rings is 1. The number of rotatable bonds is 7. The minimum absolute atomic E-state index is 0.0453. The Bertz CT molecular complexity index is 803. The summed E-state index contributed by atoms with van der Waals surface area (Å²) in [5, 5.41) is 21.7. The maximum atomic E-state index is 12.1. The molecule has 8 nitrogen and oxygen atoms in total. The topological polar surface area (TPSA) is 102 Å². The van der Waals surface area contributed by atoms with Crippen LogP contribution in [0.2, 0.25) is 5.02 Å². The molecule has 0 radical (unpaired) electrons. The molecule has 25 heavy (non-hydrogen) atoms. The van der Waals surface area contributed by atoms with Gasteiger partial charge in [-0.05, 0) is 31.0 Å². The average molecular weight is 366 g/mol. The van der Waals surface area contributed by atoms with Gasteiger partial charge in [-0.3, -0.25) is 14.9 Å². The largest absolute Gasteiger partial charge is 0.364 e. The van der Waals surface area contributed by atoms with Gasteiger partial charge in [0.15, 0.2) is 0 Å². The van der Waals surface area contributed by atoms with Gasteiger partial charge in [0, 0.05) is 30.7 Å². The van der Waals surface area contributed by atoms with Gasteiger partial charge < -0.3 is 10.6 Å². The van der Waals surface area contributed by atoms with Crippen molar-refractivity contribution in [2.45, 2.75) is 26.7 Å². The Hall–Kier alpha value is -2.61. The molecule has 9 heteroatoms. The van der Waals surface area contributed by atoms with E-state index in [9.17, 15) is 14.9 Å². The van der Waals surface area contributed by atoms with E-state index in [-0.39, 0.29) is 24.6 Å². The van der Waals surface area contributed by atoms with Crippen molar-refractivity contribution in [1.82, 2.24) is 9.78 Å². The molecule has 2 aromatic rings. The summed E-state index contributed by atoms with van der Waals surface area (Å²) in [6, 6.07) is 5.28. The minimum atomic E-state index is -0.455. The SMILES string of the molecule is CCc1nn(C)c(NCCC(=O)Nc2cccc(Cl)c2C)c1[N+](=O)[O-]. The third-order valence-electron chi connectivity index (χ3n) is 3.80. The van der Waals surface area contributed by atoms with Crippen LogP contribution >= 0.6 is 11.6 Å². The summed E-state index contributed by atoms with van der Waals surface area (Å²) in [5.74, 6) is 0.0898. The van der Waals surface area contributed by atoms with Gasteiger partial charge in [0.05, 0.1) is 4.92 Å². The molecule has 0 aliphatic carbocycles. The highest BCUT2D eigenvalue weighted by Gasteiger charge is 2.25. The Labute approximate surface area is 150 Å². The third kappa shape index (κ3) is 4.27. The second-order valence-electron chi connectivity index (χ2n) is 5.52. The molecule has 1 amide bonds. The summed E-state index contributed by atoms with van der Waals surface area (Å²) < 4.78 is 1.43. The van der Waals surface area contributed by atoms with Crippen LogP contribution in [0, 0.1) is 17.0 Å². The fourth-order valence-electron chi connectivity index (χ4n) is 2.45. The Morgan fingerprint density at radius 1 is 1.44 bits per heavy atom. The third-order valence-corrected chi connectivity index (χ3v) is 4.21. The van der Waals surface area contributed by atoms with Crippen LogP contribution in [0.5, 0.6) is 0 Å². The van der Waals surface area contributed by atoms with Crippen molar-refractivity contribution in [3.8, 4) is 0 Å². The molecule has 2 rings (SSSR count). The van der Waals surface area contributed by atoms with Crippen LogP contribution in [-0.4, -0.2) is 27.2 Å². The van der Waals surface area contributed by atoms with Gasteiger partial charge in [-0.25, -0.2) is 4.68 Å². The van der Waals surface area contributed by atoms with Crippen molar-refractivity contribution in [3.63, 3.8) is 0 Å². The lowest BCUT2D eigenvalue weighted by molar-refractivity contribution is -0.384. The van der Waals surface area contributed by atoms with E-state index in [1.807, 2.05) is 6.92 Å². The number of nitrogens with zero attached hydrogens (tertiary/aromatic N) is 3. The highest BCUT2D eigenvalue weighted by molar-refractivity contribution is 6.31. The molecule has 0 saturated heterocycles. The summed E-state index contributed by atoms with van der Waals surface area (Å²) in [5.41, 5.74) is 1.81. The van der Waals surface area contributed by atoms with Gasteiger partial charge in [-0.15, -0.1) is 0 Å². The quantitative estimate of drug-likeness (QED) is 0.579. The predicted molar refractivity (Wildman–Crippen MR) is 97.2 cm³/mol. The summed E-state index contributed by atoms with van der Waals surface area (Å²) in [4.78, 5) is 22.9. The van der Waals surface area contributed by atoms with Crippen LogP contribution in [0.3, 0.4) is 0 Å². The molecular weight excluding hydrogens is 346 g/mol. The Morgan fingerprint density at radius 2 is 2.16 bits per heavy atom. The number of nitro groups is 1. The first-order valence-electron chi connectivity index (χ1n) is 7.84. The zero-order chi connectivity index (χ0) is 18.6. The monoisotopic (exact) mass is 365 g/mol. The normalized spacial score (nSPS) is 10.6. The van der Waals surface area contributed by atoms with Crippen molar-refractivity contribution in [2.75, 3.05) is 17.2 Å². The fourth-order valence-corrected chi connectivity index (χ4v) is 2.62. The summed E-state index contributed by atoms with van der Waals surface area (Å²) in [7, 11) is 1.63. The molecule has 0 aliphatic rings. The molecule has 0 unspecified atom stereocenters. The Kier molecular flexibility index (Phi) is 5.97. The molecule has 0 spiro atoms. The van der Waals surface area contributed by atoms with Crippen LogP contribution in [0.15, 0.2) is 18.2 Å². The number of aryl methyl sites for hydroxylation is 2. The predicted octanol–water partition coefficient (Wildman–Crippen LogP) is 3.29. The van der Waals surface area contributed by atoms with E-state index >= 15 is 0 Å². The Balaban J connectivity index is 1.99. The standard InChI is InChI=1S/C16H20ClN5O3/c1-4-12-15(22(24)25)16(21(3)20-12)18-9-8-14(23)19-13-7-5-6-11(17)10(13)2/h5-7,18H,4,8-9H2,1-3H3,(H,19,23). The molecule has 1 heterocycles. The summed E-state index contributed by atoms with van der Waals surface area (Å²) in [6.45, 7) is 3.87. The lowest BCUT2D eigenvalue weighted by Gasteiger charge is -2.10. The molecule has 2 N–H and O–H groups in total. The maximum absolute atomic E-state index is 12.1. The Morgan fingerprint density at radius 3 is 2.80 bits per heavy atom. The van der Waals surface area contributed by atoms with Gasteiger partial charge in [0.25, 0.3) is 0 Å². The second-order valence-corrected chi connectivity index (χ2v) is 5.92. The first-order chi connectivity index (χ1) is 11.8. The maximum Gasteiger partial charge on any atom is 0.333 e.